The number of imide groups is 1. The fraction of sp³-hybridized carbons (Fsp3) is 0.125. The highest BCUT2D eigenvalue weighted by Crippen LogP contribution is 2.28. The van der Waals surface area contributed by atoms with Crippen molar-refractivity contribution in [2.75, 3.05) is 13.1 Å². The maximum absolute atomic E-state index is 12.3. The molecule has 6 nitrogen and oxygen atoms in total. The Kier molecular flexibility index (Phi) is 4.40. The molecule has 0 unspecified atom stereocenters. The molecule has 2 amide bonds. The monoisotopic (exact) mass is 364 g/mol. The van der Waals surface area contributed by atoms with Crippen molar-refractivity contribution in [1.82, 2.24) is 9.62 Å². The number of benzene rings is 2. The largest absolute Gasteiger partial charge is 0.273 e. The third-order valence-electron chi connectivity index (χ3n) is 3.63. The zero-order valence-electron chi connectivity index (χ0n) is 12.4. The number of nitrogens with one attached hydrogen (secondary N) is 1. The van der Waals surface area contributed by atoms with Gasteiger partial charge in [-0.05, 0) is 24.3 Å². The van der Waals surface area contributed by atoms with E-state index in [-0.39, 0.29) is 34.1 Å². The van der Waals surface area contributed by atoms with E-state index in [0.717, 1.165) is 4.90 Å². The van der Waals surface area contributed by atoms with Crippen molar-refractivity contribution in [3.05, 3.63) is 64.7 Å². The Balaban J connectivity index is 1.70. The Morgan fingerprint density at radius 3 is 2.33 bits per heavy atom. The lowest BCUT2D eigenvalue weighted by molar-refractivity contribution is 0.0657. The first-order chi connectivity index (χ1) is 11.4. The normalized spacial score (nSPS) is 14.1. The van der Waals surface area contributed by atoms with Crippen molar-refractivity contribution in [2.45, 2.75) is 4.90 Å². The molecule has 2 aromatic carbocycles. The highest BCUT2D eigenvalue weighted by molar-refractivity contribution is 7.89. The smallest absolute Gasteiger partial charge is 0.263 e. The molecule has 3 rings (SSSR count). The standard InChI is InChI=1S/C16H13ClN2O4S/c17-13-8-4-7-12-14(13)16(21)19(15(12)20)10-9-18-24(22,23)11-5-2-1-3-6-11/h1-8,18H,9-10H2. The third kappa shape index (κ3) is 2.93. The van der Waals surface area contributed by atoms with Crippen LogP contribution in [0.1, 0.15) is 20.7 Å². The van der Waals surface area contributed by atoms with Crippen molar-refractivity contribution >= 4 is 33.4 Å². The number of sulfonamides is 1. The van der Waals surface area contributed by atoms with Crippen molar-refractivity contribution in [2.24, 2.45) is 0 Å². The maximum atomic E-state index is 12.3. The van der Waals surface area contributed by atoms with Gasteiger partial charge in [0.2, 0.25) is 10.0 Å². The number of rotatable bonds is 5. The van der Waals surface area contributed by atoms with E-state index in [9.17, 15) is 18.0 Å². The van der Waals surface area contributed by atoms with E-state index in [1.807, 2.05) is 0 Å². The molecule has 0 bridgehead atoms. The number of nitrogens with zero attached hydrogens (tertiary/aromatic N) is 1. The highest BCUT2D eigenvalue weighted by Gasteiger charge is 2.36. The van der Waals surface area contributed by atoms with Gasteiger partial charge in [-0.15, -0.1) is 0 Å². The Hall–Kier alpha value is -2.22. The van der Waals surface area contributed by atoms with E-state index in [2.05, 4.69) is 4.72 Å². The van der Waals surface area contributed by atoms with Crippen LogP contribution in [0.3, 0.4) is 0 Å². The number of fused-ring (bicyclic) bond motifs is 1. The summed E-state index contributed by atoms with van der Waals surface area (Å²) in [6.07, 6.45) is 0. The average Bonchev–Trinajstić information content (AvgIpc) is 2.81. The Labute approximate surface area is 144 Å². The SMILES string of the molecule is O=C1c2cccc(Cl)c2C(=O)N1CCNS(=O)(=O)c1ccccc1. The fourth-order valence-electron chi connectivity index (χ4n) is 2.47. The molecule has 0 aliphatic carbocycles. The molecule has 0 saturated carbocycles. The lowest BCUT2D eigenvalue weighted by Gasteiger charge is -2.14. The lowest BCUT2D eigenvalue weighted by Crippen LogP contribution is -2.38. The lowest BCUT2D eigenvalue weighted by atomic mass is 10.1. The van der Waals surface area contributed by atoms with Crippen molar-refractivity contribution in [1.29, 1.82) is 0 Å². The van der Waals surface area contributed by atoms with Gasteiger partial charge >= 0.3 is 0 Å². The molecule has 0 fully saturated rings. The summed E-state index contributed by atoms with van der Waals surface area (Å²) in [5.41, 5.74) is 0.397. The second kappa shape index (κ2) is 6.35. The second-order valence-corrected chi connectivity index (χ2v) is 7.31. The van der Waals surface area contributed by atoms with Crippen molar-refractivity contribution in [3.8, 4) is 0 Å². The minimum Gasteiger partial charge on any atom is -0.273 e. The Bertz CT molecular complexity index is 913. The predicted octanol–water partition coefficient (Wildman–Crippen LogP) is 1.91. The number of carbonyl (C=O) groups excluding carboxylic acids is 2. The summed E-state index contributed by atoms with van der Waals surface area (Å²) in [5.74, 6) is -0.990. The number of carbonyl (C=O) groups is 2. The molecule has 0 saturated heterocycles. The molecule has 1 aliphatic rings. The van der Waals surface area contributed by atoms with Crippen LogP contribution in [-0.2, 0) is 10.0 Å². The van der Waals surface area contributed by atoms with Gasteiger partial charge in [-0.2, -0.15) is 0 Å². The van der Waals surface area contributed by atoms with Gasteiger partial charge in [0, 0.05) is 13.1 Å². The molecule has 24 heavy (non-hydrogen) atoms. The van der Waals surface area contributed by atoms with Gasteiger partial charge in [0.1, 0.15) is 0 Å². The molecular weight excluding hydrogens is 352 g/mol. The maximum Gasteiger partial charge on any atom is 0.263 e. The average molecular weight is 365 g/mol. The van der Waals surface area contributed by atoms with Crippen LogP contribution in [0.5, 0.6) is 0 Å². The molecule has 0 spiro atoms. The van der Waals surface area contributed by atoms with Gasteiger partial charge in [0.05, 0.1) is 21.0 Å². The van der Waals surface area contributed by atoms with Gasteiger partial charge in [0.15, 0.2) is 0 Å². The molecule has 1 N–H and O–H groups in total. The summed E-state index contributed by atoms with van der Waals surface area (Å²) in [4.78, 5) is 25.7. The first-order valence-corrected chi connectivity index (χ1v) is 8.97. The molecule has 0 aromatic heterocycles. The van der Waals surface area contributed by atoms with Crippen LogP contribution in [-0.4, -0.2) is 38.2 Å². The number of halogens is 1. The summed E-state index contributed by atoms with van der Waals surface area (Å²) in [6, 6.07) is 12.5. The van der Waals surface area contributed by atoms with Crippen LogP contribution in [0.2, 0.25) is 5.02 Å². The predicted molar refractivity (Wildman–Crippen MR) is 88.4 cm³/mol. The third-order valence-corrected chi connectivity index (χ3v) is 5.42. The van der Waals surface area contributed by atoms with Crippen LogP contribution in [0, 0.1) is 0 Å². The Morgan fingerprint density at radius 1 is 0.958 bits per heavy atom. The van der Waals surface area contributed by atoms with E-state index in [1.54, 1.807) is 24.3 Å². The molecule has 2 aromatic rings. The minimum absolute atomic E-state index is 0.0747. The van der Waals surface area contributed by atoms with Gasteiger partial charge < -0.3 is 0 Å². The first-order valence-electron chi connectivity index (χ1n) is 7.11. The van der Waals surface area contributed by atoms with Gasteiger partial charge in [-0.1, -0.05) is 35.9 Å². The Morgan fingerprint density at radius 2 is 1.67 bits per heavy atom. The molecule has 1 heterocycles. The quantitative estimate of drug-likeness (QED) is 0.821. The van der Waals surface area contributed by atoms with E-state index in [1.165, 1.54) is 24.3 Å². The molecule has 1 aliphatic heterocycles. The van der Waals surface area contributed by atoms with Gasteiger partial charge in [-0.3, -0.25) is 14.5 Å². The van der Waals surface area contributed by atoms with Gasteiger partial charge in [-0.25, -0.2) is 13.1 Å². The molecular formula is C16H13ClN2O4S. The zero-order chi connectivity index (χ0) is 17.3. The van der Waals surface area contributed by atoms with E-state index < -0.39 is 21.8 Å². The molecule has 8 heteroatoms. The van der Waals surface area contributed by atoms with Crippen LogP contribution in [0.4, 0.5) is 0 Å². The topological polar surface area (TPSA) is 83.6 Å². The number of hydrogen-bond donors (Lipinski definition) is 1. The van der Waals surface area contributed by atoms with Crippen molar-refractivity contribution < 1.29 is 18.0 Å². The number of amides is 2. The zero-order valence-corrected chi connectivity index (χ0v) is 14.0. The van der Waals surface area contributed by atoms with E-state index in [4.69, 9.17) is 11.6 Å². The molecule has 124 valence electrons. The van der Waals surface area contributed by atoms with Gasteiger partial charge in [0.25, 0.3) is 11.8 Å². The fourth-order valence-corrected chi connectivity index (χ4v) is 3.77. The van der Waals surface area contributed by atoms with Crippen LogP contribution < -0.4 is 4.72 Å². The minimum atomic E-state index is -3.69. The van der Waals surface area contributed by atoms with Crippen molar-refractivity contribution in [3.63, 3.8) is 0 Å². The van der Waals surface area contributed by atoms with Crippen LogP contribution in [0.15, 0.2) is 53.4 Å². The van der Waals surface area contributed by atoms with E-state index >= 15 is 0 Å². The van der Waals surface area contributed by atoms with E-state index in [0.29, 0.717) is 0 Å². The summed E-state index contributed by atoms with van der Waals surface area (Å²) in [5, 5.41) is 0.207. The summed E-state index contributed by atoms with van der Waals surface area (Å²) in [6.45, 7) is -0.158. The molecule has 0 atom stereocenters. The molecule has 0 radical (unpaired) electrons. The van der Waals surface area contributed by atoms with Crippen LogP contribution in [0.25, 0.3) is 0 Å². The summed E-state index contributed by atoms with van der Waals surface area (Å²) >= 11 is 5.97. The highest BCUT2D eigenvalue weighted by atomic mass is 35.5. The second-order valence-electron chi connectivity index (χ2n) is 5.14. The summed E-state index contributed by atoms with van der Waals surface area (Å²) < 4.78 is 26.6. The first kappa shape index (κ1) is 16.6. The summed E-state index contributed by atoms with van der Waals surface area (Å²) in [7, 11) is -3.69. The number of hydrogen-bond acceptors (Lipinski definition) is 4. The van der Waals surface area contributed by atoms with Crippen LogP contribution >= 0.6 is 11.6 Å².